The van der Waals surface area contributed by atoms with Crippen molar-refractivity contribution < 1.29 is 14.4 Å². The zero-order valence-corrected chi connectivity index (χ0v) is 7.57. The highest BCUT2D eigenvalue weighted by Crippen LogP contribution is 2.28. The van der Waals surface area contributed by atoms with Crippen LogP contribution in [0.5, 0.6) is 0 Å². The second-order valence-corrected chi connectivity index (χ2v) is 4.15. The minimum Gasteiger partial charge on any atom is -0.475 e. The van der Waals surface area contributed by atoms with Gasteiger partial charge in [0.1, 0.15) is 0 Å². The van der Waals surface area contributed by atoms with Crippen LogP contribution in [-0.2, 0) is 4.79 Å². The zero-order valence-electron chi connectivity index (χ0n) is 6.06. The molecule has 0 spiro atoms. The number of halogens is 2. The highest BCUT2D eigenvalue weighted by Gasteiger charge is 2.47. The van der Waals surface area contributed by atoms with Gasteiger partial charge in [-0.15, -0.1) is 0 Å². The molecule has 10 heavy (non-hydrogen) atoms. The van der Waals surface area contributed by atoms with Crippen LogP contribution in [0, 0.1) is 0 Å². The molecule has 0 unspecified atom stereocenters. The Bertz CT molecular complexity index is 150. The molecular formula is C5H10Cl2NO2+. The van der Waals surface area contributed by atoms with Gasteiger partial charge in [-0.1, -0.05) is 0 Å². The fourth-order valence-electron chi connectivity index (χ4n) is 0.287. The molecule has 60 valence electrons. The standard InChI is InChI=1S/C5H9Cl2NO2/c1-8(2,3)5(6,7)4(9)10/h1-3H3/p+1. The second-order valence-electron chi connectivity index (χ2n) is 2.86. The third-order valence-corrected chi connectivity index (χ3v) is 2.44. The molecule has 0 radical (unpaired) electrons. The summed E-state index contributed by atoms with van der Waals surface area (Å²) in [6.07, 6.45) is 0. The molecule has 0 bridgehead atoms. The summed E-state index contributed by atoms with van der Waals surface area (Å²) in [6.45, 7) is 0. The normalized spacial score (nSPS) is 13.3. The van der Waals surface area contributed by atoms with E-state index >= 15 is 0 Å². The maximum absolute atomic E-state index is 10.4. The van der Waals surface area contributed by atoms with Crippen molar-refractivity contribution in [1.29, 1.82) is 0 Å². The lowest BCUT2D eigenvalue weighted by Crippen LogP contribution is -2.54. The molecule has 1 N–H and O–H groups in total. The van der Waals surface area contributed by atoms with Crippen molar-refractivity contribution in [2.24, 2.45) is 0 Å². The van der Waals surface area contributed by atoms with Gasteiger partial charge in [-0.05, 0) is 23.2 Å². The highest BCUT2D eigenvalue weighted by molar-refractivity contribution is 6.55. The number of nitrogens with zero attached hydrogens (tertiary/aromatic N) is 1. The lowest BCUT2D eigenvalue weighted by atomic mass is 10.5. The number of aliphatic carboxylic acids is 1. The van der Waals surface area contributed by atoms with Crippen molar-refractivity contribution in [2.45, 2.75) is 4.46 Å². The Morgan fingerprint density at radius 1 is 1.40 bits per heavy atom. The first-order valence-corrected chi connectivity index (χ1v) is 3.38. The van der Waals surface area contributed by atoms with Crippen molar-refractivity contribution in [3.05, 3.63) is 0 Å². The van der Waals surface area contributed by atoms with Gasteiger partial charge < -0.3 is 5.11 Å². The summed E-state index contributed by atoms with van der Waals surface area (Å²) >= 11 is 11.0. The first-order chi connectivity index (χ1) is 4.19. The quantitative estimate of drug-likeness (QED) is 0.396. The molecule has 0 aromatic rings. The van der Waals surface area contributed by atoms with Crippen molar-refractivity contribution in [3.63, 3.8) is 0 Å². The molecule has 0 aliphatic heterocycles. The molecule has 5 heteroatoms. The van der Waals surface area contributed by atoms with Crippen molar-refractivity contribution >= 4 is 29.2 Å². The molecular weight excluding hydrogens is 177 g/mol. The van der Waals surface area contributed by atoms with Crippen molar-refractivity contribution in [1.82, 2.24) is 0 Å². The molecule has 0 aliphatic carbocycles. The monoisotopic (exact) mass is 186 g/mol. The zero-order chi connectivity index (χ0) is 8.58. The Morgan fingerprint density at radius 2 is 1.70 bits per heavy atom. The Hall–Kier alpha value is 0.01000. The van der Waals surface area contributed by atoms with Gasteiger partial charge in [0, 0.05) is 0 Å². The van der Waals surface area contributed by atoms with Crippen LogP contribution in [-0.4, -0.2) is 41.2 Å². The molecule has 0 amide bonds. The highest BCUT2D eigenvalue weighted by atomic mass is 35.5. The first-order valence-electron chi connectivity index (χ1n) is 2.62. The summed E-state index contributed by atoms with van der Waals surface area (Å²) in [7, 11) is 4.82. The van der Waals surface area contributed by atoms with Crippen molar-refractivity contribution in [3.8, 4) is 0 Å². The molecule has 0 heterocycles. The van der Waals surface area contributed by atoms with Gasteiger partial charge in [-0.3, -0.25) is 4.48 Å². The predicted octanol–water partition coefficient (Wildman–Crippen LogP) is 0.909. The Kier molecular flexibility index (Phi) is 2.57. The first kappa shape index (κ1) is 10.0. The van der Waals surface area contributed by atoms with Gasteiger partial charge in [0.15, 0.2) is 0 Å². The summed E-state index contributed by atoms with van der Waals surface area (Å²) in [5.74, 6) is -1.23. The molecule has 0 saturated carbocycles. The molecule has 0 saturated heterocycles. The summed E-state index contributed by atoms with van der Waals surface area (Å²) < 4.78 is -1.80. The van der Waals surface area contributed by atoms with Crippen LogP contribution in [0.1, 0.15) is 0 Å². The molecule has 0 aromatic carbocycles. The SMILES string of the molecule is C[N+](C)(C)C(Cl)(Cl)C(=O)O. The summed E-state index contributed by atoms with van der Waals surface area (Å²) in [6, 6.07) is 0. The maximum atomic E-state index is 10.4. The largest absolute Gasteiger partial charge is 0.475 e. The smallest absolute Gasteiger partial charge is 0.399 e. The van der Waals surface area contributed by atoms with E-state index in [0.29, 0.717) is 0 Å². The van der Waals surface area contributed by atoms with Crippen LogP contribution in [0.3, 0.4) is 0 Å². The van der Waals surface area contributed by atoms with Crippen LogP contribution in [0.4, 0.5) is 0 Å². The van der Waals surface area contributed by atoms with Crippen LogP contribution >= 0.6 is 23.2 Å². The van der Waals surface area contributed by atoms with Crippen molar-refractivity contribution in [2.75, 3.05) is 21.1 Å². The summed E-state index contributed by atoms with van der Waals surface area (Å²) in [5, 5.41) is 8.50. The average Bonchev–Trinajstić information content (AvgIpc) is 1.62. The van der Waals surface area contributed by atoms with Crippen LogP contribution in [0.25, 0.3) is 0 Å². The van der Waals surface area contributed by atoms with Gasteiger partial charge in [-0.25, -0.2) is 4.79 Å². The van der Waals surface area contributed by atoms with E-state index in [-0.39, 0.29) is 4.48 Å². The molecule has 0 rings (SSSR count). The number of rotatable bonds is 2. The third-order valence-electron chi connectivity index (χ3n) is 1.10. The molecule has 3 nitrogen and oxygen atoms in total. The number of hydrogen-bond acceptors (Lipinski definition) is 1. The topological polar surface area (TPSA) is 37.3 Å². The molecule has 0 fully saturated rings. The number of likely N-dealkylation sites (N-methyl/N-ethyl adjacent to an activating group) is 1. The number of carboxylic acids is 1. The van der Waals surface area contributed by atoms with Gasteiger partial charge in [0.2, 0.25) is 0 Å². The number of hydrogen-bond donors (Lipinski definition) is 1. The predicted molar refractivity (Wildman–Crippen MR) is 40.1 cm³/mol. The van der Waals surface area contributed by atoms with E-state index in [1.165, 1.54) is 0 Å². The van der Waals surface area contributed by atoms with E-state index in [0.717, 1.165) is 0 Å². The average molecular weight is 187 g/mol. The van der Waals surface area contributed by atoms with Gasteiger partial charge >= 0.3 is 10.4 Å². The van der Waals surface area contributed by atoms with E-state index in [2.05, 4.69) is 0 Å². The Balaban J connectivity index is 4.57. The Morgan fingerprint density at radius 3 is 1.70 bits per heavy atom. The van der Waals surface area contributed by atoms with E-state index < -0.39 is 10.4 Å². The fourth-order valence-corrected chi connectivity index (χ4v) is 0.287. The van der Waals surface area contributed by atoms with Crippen LogP contribution in [0.15, 0.2) is 0 Å². The fraction of sp³-hybridized carbons (Fsp3) is 0.800. The van der Waals surface area contributed by atoms with Gasteiger partial charge in [-0.2, -0.15) is 0 Å². The van der Waals surface area contributed by atoms with E-state index in [9.17, 15) is 4.79 Å². The molecule has 0 aliphatic rings. The number of carboxylic acid groups (broad SMARTS) is 1. The maximum Gasteiger partial charge on any atom is 0.399 e. The lowest BCUT2D eigenvalue weighted by molar-refractivity contribution is -0.885. The van der Waals surface area contributed by atoms with Crippen LogP contribution in [0.2, 0.25) is 0 Å². The number of carbonyl (C=O) groups is 1. The third kappa shape index (κ3) is 1.75. The van der Waals surface area contributed by atoms with Gasteiger partial charge in [0.05, 0.1) is 21.1 Å². The summed E-state index contributed by atoms with van der Waals surface area (Å²) in [5.41, 5.74) is 0. The van der Waals surface area contributed by atoms with E-state index in [4.69, 9.17) is 28.3 Å². The summed E-state index contributed by atoms with van der Waals surface area (Å²) in [4.78, 5) is 10.4. The minimum atomic E-state index is -1.76. The second kappa shape index (κ2) is 2.57. The van der Waals surface area contributed by atoms with E-state index in [1.807, 2.05) is 0 Å². The number of alkyl halides is 2. The van der Waals surface area contributed by atoms with Crippen LogP contribution < -0.4 is 0 Å². The minimum absolute atomic E-state index is 0.0363. The van der Waals surface area contributed by atoms with E-state index in [1.54, 1.807) is 21.1 Å². The molecule has 0 aromatic heterocycles. The van der Waals surface area contributed by atoms with Gasteiger partial charge in [0.25, 0.3) is 0 Å². The lowest BCUT2D eigenvalue weighted by Gasteiger charge is -2.32. The molecule has 0 atom stereocenters. The number of quaternary nitrogens is 1. The Labute approximate surface area is 69.7 Å².